The number of anilines is 2. The number of phenolic OH excluding ortho intramolecular Hbond substituents is 1. The maximum atomic E-state index is 9.70. The third kappa shape index (κ3) is 2.25. The monoisotopic (exact) mass is 214 g/mol. The molecule has 2 rings (SSSR count). The summed E-state index contributed by atoms with van der Waals surface area (Å²) in [4.78, 5) is 0. The molecule has 0 aliphatic rings. The Morgan fingerprint density at radius 1 is 0.875 bits per heavy atom. The first-order valence-electron chi connectivity index (χ1n) is 5.07. The van der Waals surface area contributed by atoms with Crippen LogP contribution in [0, 0.1) is 0 Å². The second kappa shape index (κ2) is 4.14. The summed E-state index contributed by atoms with van der Waals surface area (Å²) in [5.74, 6) is 0.233. The van der Waals surface area contributed by atoms with Gasteiger partial charge in [0.05, 0.1) is 0 Å². The molecule has 0 radical (unpaired) electrons. The van der Waals surface area contributed by atoms with Crippen molar-refractivity contribution in [3.8, 4) is 5.75 Å². The van der Waals surface area contributed by atoms with E-state index >= 15 is 0 Å². The molecule has 16 heavy (non-hydrogen) atoms. The highest BCUT2D eigenvalue weighted by molar-refractivity contribution is 5.49. The van der Waals surface area contributed by atoms with Crippen LogP contribution in [-0.2, 0) is 6.42 Å². The van der Waals surface area contributed by atoms with E-state index in [1.165, 1.54) is 0 Å². The van der Waals surface area contributed by atoms with Gasteiger partial charge in [-0.3, -0.25) is 0 Å². The molecule has 0 aliphatic heterocycles. The molecule has 0 atom stereocenters. The van der Waals surface area contributed by atoms with Gasteiger partial charge in [-0.15, -0.1) is 0 Å². The smallest absolute Gasteiger partial charge is 0.121 e. The van der Waals surface area contributed by atoms with Gasteiger partial charge < -0.3 is 16.6 Å². The molecule has 0 saturated heterocycles. The number of benzene rings is 2. The Bertz CT molecular complexity index is 492. The topological polar surface area (TPSA) is 72.3 Å². The zero-order chi connectivity index (χ0) is 11.5. The van der Waals surface area contributed by atoms with Crippen LogP contribution in [0.2, 0.25) is 0 Å². The van der Waals surface area contributed by atoms with Crippen LogP contribution < -0.4 is 11.5 Å². The lowest BCUT2D eigenvalue weighted by Crippen LogP contribution is -1.92. The minimum Gasteiger partial charge on any atom is -0.508 e. The second-order valence-corrected chi connectivity index (χ2v) is 3.81. The van der Waals surface area contributed by atoms with E-state index in [0.29, 0.717) is 12.1 Å². The molecule has 3 nitrogen and oxygen atoms in total. The van der Waals surface area contributed by atoms with Gasteiger partial charge >= 0.3 is 0 Å². The first-order chi connectivity index (χ1) is 7.65. The van der Waals surface area contributed by atoms with E-state index in [0.717, 1.165) is 16.8 Å². The van der Waals surface area contributed by atoms with Crippen molar-refractivity contribution in [1.82, 2.24) is 0 Å². The highest BCUT2D eigenvalue weighted by atomic mass is 16.3. The van der Waals surface area contributed by atoms with Gasteiger partial charge in [0, 0.05) is 23.9 Å². The second-order valence-electron chi connectivity index (χ2n) is 3.81. The SMILES string of the molecule is Nc1ccc(Cc2ccc(N)cc2O)cc1. The average Bonchev–Trinajstić information content (AvgIpc) is 2.25. The Hall–Kier alpha value is -2.16. The number of phenols is 1. The van der Waals surface area contributed by atoms with E-state index in [2.05, 4.69) is 0 Å². The maximum absolute atomic E-state index is 9.70. The van der Waals surface area contributed by atoms with Gasteiger partial charge in [-0.25, -0.2) is 0 Å². The van der Waals surface area contributed by atoms with E-state index < -0.39 is 0 Å². The van der Waals surface area contributed by atoms with Crippen molar-refractivity contribution in [3.63, 3.8) is 0 Å². The summed E-state index contributed by atoms with van der Waals surface area (Å²) in [6, 6.07) is 12.8. The Labute approximate surface area is 94.3 Å². The van der Waals surface area contributed by atoms with Gasteiger partial charge in [-0.1, -0.05) is 18.2 Å². The molecule has 0 spiro atoms. The molecular formula is C13H14N2O. The summed E-state index contributed by atoms with van der Waals surface area (Å²) in [5.41, 5.74) is 14.4. The van der Waals surface area contributed by atoms with Gasteiger partial charge in [0.25, 0.3) is 0 Å². The molecule has 0 fully saturated rings. The first kappa shape index (κ1) is 10.4. The molecule has 0 unspecified atom stereocenters. The fourth-order valence-corrected chi connectivity index (χ4v) is 1.59. The molecule has 2 aromatic carbocycles. The van der Waals surface area contributed by atoms with E-state index in [-0.39, 0.29) is 5.75 Å². The molecule has 0 amide bonds. The minimum atomic E-state index is 0.233. The Kier molecular flexibility index (Phi) is 2.68. The van der Waals surface area contributed by atoms with Crippen molar-refractivity contribution in [3.05, 3.63) is 53.6 Å². The van der Waals surface area contributed by atoms with Crippen LogP contribution >= 0.6 is 0 Å². The van der Waals surface area contributed by atoms with Gasteiger partial charge in [0.2, 0.25) is 0 Å². The molecular weight excluding hydrogens is 200 g/mol. The molecule has 3 heteroatoms. The van der Waals surface area contributed by atoms with Crippen molar-refractivity contribution < 1.29 is 5.11 Å². The van der Waals surface area contributed by atoms with Gasteiger partial charge in [-0.05, 0) is 29.3 Å². The van der Waals surface area contributed by atoms with Crippen molar-refractivity contribution in [1.29, 1.82) is 0 Å². The molecule has 2 aromatic rings. The third-order valence-corrected chi connectivity index (χ3v) is 2.48. The standard InChI is InChI=1S/C13H14N2O/c14-11-4-1-9(2-5-11)7-10-3-6-12(15)8-13(10)16/h1-6,8,16H,7,14-15H2. The Balaban J connectivity index is 2.23. The quantitative estimate of drug-likeness (QED) is 0.671. The van der Waals surface area contributed by atoms with Crippen molar-refractivity contribution in [2.45, 2.75) is 6.42 Å². The van der Waals surface area contributed by atoms with E-state index in [4.69, 9.17) is 11.5 Å². The normalized spacial score (nSPS) is 10.2. The molecule has 0 aromatic heterocycles. The zero-order valence-electron chi connectivity index (χ0n) is 8.85. The van der Waals surface area contributed by atoms with Crippen LogP contribution in [0.15, 0.2) is 42.5 Å². The van der Waals surface area contributed by atoms with Crippen molar-refractivity contribution in [2.24, 2.45) is 0 Å². The van der Waals surface area contributed by atoms with Crippen LogP contribution in [-0.4, -0.2) is 5.11 Å². The lowest BCUT2D eigenvalue weighted by Gasteiger charge is -2.06. The van der Waals surface area contributed by atoms with E-state index in [1.807, 2.05) is 30.3 Å². The number of nitrogen functional groups attached to an aromatic ring is 2. The Morgan fingerprint density at radius 3 is 2.12 bits per heavy atom. The number of hydrogen-bond acceptors (Lipinski definition) is 3. The minimum absolute atomic E-state index is 0.233. The van der Waals surface area contributed by atoms with Gasteiger partial charge in [-0.2, -0.15) is 0 Å². The summed E-state index contributed by atoms with van der Waals surface area (Å²) in [7, 11) is 0. The highest BCUT2D eigenvalue weighted by Crippen LogP contribution is 2.23. The number of rotatable bonds is 2. The molecule has 0 aliphatic carbocycles. The third-order valence-electron chi connectivity index (χ3n) is 2.48. The fourth-order valence-electron chi connectivity index (χ4n) is 1.59. The van der Waals surface area contributed by atoms with Crippen molar-refractivity contribution >= 4 is 11.4 Å². The van der Waals surface area contributed by atoms with Crippen molar-refractivity contribution in [2.75, 3.05) is 11.5 Å². The predicted molar refractivity (Wildman–Crippen MR) is 66.2 cm³/mol. The Morgan fingerprint density at radius 2 is 1.50 bits per heavy atom. The molecule has 82 valence electrons. The van der Waals surface area contributed by atoms with Gasteiger partial charge in [0.1, 0.15) is 5.75 Å². The molecule has 0 saturated carbocycles. The fraction of sp³-hybridized carbons (Fsp3) is 0.0769. The van der Waals surface area contributed by atoms with E-state index in [9.17, 15) is 5.11 Å². The largest absolute Gasteiger partial charge is 0.508 e. The average molecular weight is 214 g/mol. The summed E-state index contributed by atoms with van der Waals surface area (Å²) < 4.78 is 0. The lowest BCUT2D eigenvalue weighted by atomic mass is 10.0. The summed E-state index contributed by atoms with van der Waals surface area (Å²) in [6.07, 6.45) is 0.673. The predicted octanol–water partition coefficient (Wildman–Crippen LogP) is 2.15. The highest BCUT2D eigenvalue weighted by Gasteiger charge is 2.02. The summed E-state index contributed by atoms with van der Waals surface area (Å²) in [6.45, 7) is 0. The number of aromatic hydroxyl groups is 1. The van der Waals surface area contributed by atoms with Gasteiger partial charge in [0.15, 0.2) is 0 Å². The van der Waals surface area contributed by atoms with Crippen LogP contribution in [0.5, 0.6) is 5.75 Å². The molecule has 5 N–H and O–H groups in total. The van der Waals surface area contributed by atoms with E-state index in [1.54, 1.807) is 12.1 Å². The first-order valence-corrected chi connectivity index (χ1v) is 5.07. The molecule has 0 bridgehead atoms. The zero-order valence-corrected chi connectivity index (χ0v) is 8.85. The van der Waals surface area contributed by atoms with Crippen LogP contribution in [0.25, 0.3) is 0 Å². The van der Waals surface area contributed by atoms with Crippen LogP contribution in [0.4, 0.5) is 11.4 Å². The van der Waals surface area contributed by atoms with Crippen LogP contribution in [0.1, 0.15) is 11.1 Å². The number of nitrogens with two attached hydrogens (primary N) is 2. The van der Waals surface area contributed by atoms with Crippen LogP contribution in [0.3, 0.4) is 0 Å². The number of hydrogen-bond donors (Lipinski definition) is 3. The lowest BCUT2D eigenvalue weighted by molar-refractivity contribution is 0.470. The summed E-state index contributed by atoms with van der Waals surface area (Å²) in [5, 5.41) is 9.70. The molecule has 0 heterocycles. The summed E-state index contributed by atoms with van der Waals surface area (Å²) >= 11 is 0. The maximum Gasteiger partial charge on any atom is 0.121 e.